The van der Waals surface area contributed by atoms with Gasteiger partial charge in [0.1, 0.15) is 0 Å². The van der Waals surface area contributed by atoms with Crippen molar-refractivity contribution in [2.45, 2.75) is 32.2 Å². The number of nitrogens with zero attached hydrogens (tertiary/aromatic N) is 1. The molecule has 19 heavy (non-hydrogen) atoms. The van der Waals surface area contributed by atoms with Crippen molar-refractivity contribution in [3.63, 3.8) is 0 Å². The summed E-state index contributed by atoms with van der Waals surface area (Å²) in [4.78, 5) is 0.284. The van der Waals surface area contributed by atoms with Crippen LogP contribution in [0.2, 0.25) is 0 Å². The highest BCUT2D eigenvalue weighted by Crippen LogP contribution is 2.13. The predicted octanol–water partition coefficient (Wildman–Crippen LogP) is 1.81. The second kappa shape index (κ2) is 5.14. The van der Waals surface area contributed by atoms with Gasteiger partial charge in [0.05, 0.1) is 10.6 Å². The molecule has 6 heteroatoms. The van der Waals surface area contributed by atoms with Crippen LogP contribution in [-0.4, -0.2) is 18.6 Å². The highest BCUT2D eigenvalue weighted by molar-refractivity contribution is 7.89. The van der Waals surface area contributed by atoms with Crippen LogP contribution in [0.15, 0.2) is 29.2 Å². The number of hydrogen-bond acceptors (Lipinski definition) is 3. The van der Waals surface area contributed by atoms with Crippen molar-refractivity contribution in [2.75, 3.05) is 0 Å². The smallest absolute Gasteiger partial charge is 0.240 e. The number of hydrogen-bond donors (Lipinski definition) is 2. The van der Waals surface area contributed by atoms with E-state index in [2.05, 4.69) is 14.9 Å². The van der Waals surface area contributed by atoms with Gasteiger partial charge in [-0.1, -0.05) is 12.1 Å². The van der Waals surface area contributed by atoms with Gasteiger partial charge in [0.2, 0.25) is 10.0 Å². The molecule has 0 unspecified atom stereocenters. The monoisotopic (exact) mass is 279 g/mol. The van der Waals surface area contributed by atoms with Crippen LogP contribution in [0.5, 0.6) is 0 Å². The molecule has 0 atom stereocenters. The van der Waals surface area contributed by atoms with Crippen molar-refractivity contribution < 1.29 is 8.42 Å². The molecular formula is C13H17N3O2S. The topological polar surface area (TPSA) is 74.8 Å². The summed E-state index contributed by atoms with van der Waals surface area (Å²) in [6, 6.07) is 6.84. The van der Waals surface area contributed by atoms with E-state index in [0.717, 1.165) is 22.5 Å². The number of aryl methyl sites for hydroxylation is 3. The van der Waals surface area contributed by atoms with Gasteiger partial charge in [0.15, 0.2) is 0 Å². The van der Waals surface area contributed by atoms with Crippen LogP contribution in [0.25, 0.3) is 0 Å². The molecule has 0 saturated heterocycles. The van der Waals surface area contributed by atoms with Gasteiger partial charge in [0, 0.05) is 17.8 Å². The summed E-state index contributed by atoms with van der Waals surface area (Å²) in [6.45, 7) is 5.82. The first-order valence-corrected chi connectivity index (χ1v) is 7.45. The van der Waals surface area contributed by atoms with Crippen molar-refractivity contribution in [1.29, 1.82) is 0 Å². The second-order valence-corrected chi connectivity index (χ2v) is 6.32. The number of aromatic nitrogens is 2. The van der Waals surface area contributed by atoms with Crippen LogP contribution >= 0.6 is 0 Å². The van der Waals surface area contributed by atoms with Gasteiger partial charge in [-0.2, -0.15) is 5.10 Å². The van der Waals surface area contributed by atoms with Crippen molar-refractivity contribution in [2.24, 2.45) is 0 Å². The molecular weight excluding hydrogens is 262 g/mol. The molecule has 0 radical (unpaired) electrons. The van der Waals surface area contributed by atoms with E-state index in [9.17, 15) is 8.42 Å². The summed E-state index contributed by atoms with van der Waals surface area (Å²) in [5.74, 6) is 0. The Morgan fingerprint density at radius 1 is 1.26 bits per heavy atom. The van der Waals surface area contributed by atoms with Crippen LogP contribution in [0.4, 0.5) is 0 Å². The van der Waals surface area contributed by atoms with Crippen molar-refractivity contribution >= 4 is 10.0 Å². The zero-order valence-corrected chi connectivity index (χ0v) is 12.0. The molecule has 1 heterocycles. The van der Waals surface area contributed by atoms with E-state index in [4.69, 9.17) is 0 Å². The predicted molar refractivity (Wildman–Crippen MR) is 73.3 cm³/mol. The lowest BCUT2D eigenvalue weighted by Crippen LogP contribution is -2.23. The third-order valence-electron chi connectivity index (χ3n) is 3.02. The summed E-state index contributed by atoms with van der Waals surface area (Å²) in [5.41, 5.74) is 3.49. The zero-order chi connectivity index (χ0) is 14.0. The summed E-state index contributed by atoms with van der Waals surface area (Å²) in [6.07, 6.45) is 0. The van der Waals surface area contributed by atoms with Crippen molar-refractivity contribution in [3.05, 3.63) is 46.8 Å². The number of aromatic amines is 1. The molecule has 0 aliphatic rings. The molecule has 2 rings (SSSR count). The lowest BCUT2D eigenvalue weighted by atomic mass is 10.2. The quantitative estimate of drug-likeness (QED) is 0.896. The Morgan fingerprint density at radius 3 is 2.58 bits per heavy atom. The fourth-order valence-corrected chi connectivity index (χ4v) is 2.97. The Labute approximate surface area is 113 Å². The number of H-pyrrole nitrogens is 1. The number of nitrogens with one attached hydrogen (secondary N) is 2. The summed E-state index contributed by atoms with van der Waals surface area (Å²) >= 11 is 0. The average Bonchev–Trinajstić information content (AvgIpc) is 2.67. The van der Waals surface area contributed by atoms with Crippen LogP contribution in [0, 0.1) is 20.8 Å². The first-order chi connectivity index (χ1) is 8.90. The molecule has 2 aromatic rings. The molecule has 1 aromatic carbocycles. The molecule has 0 bridgehead atoms. The largest absolute Gasteiger partial charge is 0.282 e. The highest BCUT2D eigenvalue weighted by atomic mass is 32.2. The van der Waals surface area contributed by atoms with E-state index in [0.29, 0.717) is 0 Å². The Kier molecular flexibility index (Phi) is 3.73. The van der Waals surface area contributed by atoms with Crippen molar-refractivity contribution in [1.82, 2.24) is 14.9 Å². The Morgan fingerprint density at radius 2 is 2.00 bits per heavy atom. The third kappa shape index (κ3) is 3.02. The SMILES string of the molecule is Cc1cccc(S(=O)(=O)NCc2c(C)n[nH]c2C)c1. The molecule has 102 valence electrons. The molecule has 5 nitrogen and oxygen atoms in total. The molecule has 0 spiro atoms. The molecule has 0 aliphatic heterocycles. The standard InChI is InChI=1S/C13H17N3O2S/c1-9-5-4-6-12(7-9)19(17,18)14-8-13-10(2)15-16-11(13)3/h4-7,14H,8H2,1-3H3,(H,15,16). The van der Waals surface area contributed by atoms with Gasteiger partial charge in [-0.3, -0.25) is 5.10 Å². The van der Waals surface area contributed by atoms with Gasteiger partial charge in [-0.15, -0.1) is 0 Å². The van der Waals surface area contributed by atoms with Crippen LogP contribution < -0.4 is 4.72 Å². The van der Waals surface area contributed by atoms with Gasteiger partial charge in [-0.25, -0.2) is 13.1 Å². The van der Waals surface area contributed by atoms with Crippen LogP contribution in [0.1, 0.15) is 22.5 Å². The van der Waals surface area contributed by atoms with Gasteiger partial charge in [0.25, 0.3) is 0 Å². The first-order valence-electron chi connectivity index (χ1n) is 5.97. The normalized spacial score (nSPS) is 11.7. The maximum atomic E-state index is 12.2. The van der Waals surface area contributed by atoms with Crippen LogP contribution in [0.3, 0.4) is 0 Å². The van der Waals surface area contributed by atoms with Crippen molar-refractivity contribution in [3.8, 4) is 0 Å². The van der Waals surface area contributed by atoms with E-state index in [-0.39, 0.29) is 11.4 Å². The van der Waals surface area contributed by atoms with Gasteiger partial charge in [-0.05, 0) is 38.5 Å². The zero-order valence-electron chi connectivity index (χ0n) is 11.2. The molecule has 0 aliphatic carbocycles. The number of sulfonamides is 1. The molecule has 0 fully saturated rings. The maximum Gasteiger partial charge on any atom is 0.240 e. The van der Waals surface area contributed by atoms with Crippen LogP contribution in [-0.2, 0) is 16.6 Å². The highest BCUT2D eigenvalue weighted by Gasteiger charge is 2.15. The summed E-state index contributed by atoms with van der Waals surface area (Å²) in [7, 11) is -3.48. The lowest BCUT2D eigenvalue weighted by molar-refractivity contribution is 0.581. The summed E-state index contributed by atoms with van der Waals surface area (Å²) in [5, 5.41) is 6.88. The number of rotatable bonds is 4. The molecule has 1 aromatic heterocycles. The Bertz CT molecular complexity index is 670. The minimum absolute atomic E-state index is 0.241. The minimum Gasteiger partial charge on any atom is -0.282 e. The van der Waals surface area contributed by atoms with E-state index in [1.54, 1.807) is 18.2 Å². The average molecular weight is 279 g/mol. The summed E-state index contributed by atoms with van der Waals surface area (Å²) < 4.78 is 26.9. The number of benzene rings is 1. The molecule has 2 N–H and O–H groups in total. The molecule has 0 saturated carbocycles. The minimum atomic E-state index is -3.48. The van der Waals surface area contributed by atoms with E-state index in [1.165, 1.54) is 0 Å². The lowest BCUT2D eigenvalue weighted by Gasteiger charge is -2.07. The maximum absolute atomic E-state index is 12.2. The fraction of sp³-hybridized carbons (Fsp3) is 0.308. The van der Waals surface area contributed by atoms with Gasteiger partial charge >= 0.3 is 0 Å². The second-order valence-electron chi connectivity index (χ2n) is 4.55. The first kappa shape index (κ1) is 13.8. The van der Waals surface area contributed by atoms with Gasteiger partial charge < -0.3 is 0 Å². The Hall–Kier alpha value is -1.66. The molecule has 0 amide bonds. The van der Waals surface area contributed by atoms with E-state index < -0.39 is 10.0 Å². The fourth-order valence-electron chi connectivity index (χ4n) is 1.87. The third-order valence-corrected chi connectivity index (χ3v) is 4.42. The van der Waals surface area contributed by atoms with E-state index in [1.807, 2.05) is 26.8 Å². The Balaban J connectivity index is 2.19. The van der Waals surface area contributed by atoms with E-state index >= 15 is 0 Å².